The minimum Gasteiger partial charge on any atom is -0.475 e. The minimum atomic E-state index is -1.25. The van der Waals surface area contributed by atoms with Crippen LogP contribution in [-0.2, 0) is 4.79 Å². The lowest BCUT2D eigenvalue weighted by Crippen LogP contribution is -2.44. The first-order valence-electron chi connectivity index (χ1n) is 7.97. The maximum absolute atomic E-state index is 12.6. The van der Waals surface area contributed by atoms with E-state index in [1.165, 1.54) is 28.8 Å². The molecule has 1 aliphatic rings. The highest BCUT2D eigenvalue weighted by atomic mass is 32.2. The number of hydrogen-bond donors (Lipinski definition) is 2. The van der Waals surface area contributed by atoms with Crippen molar-refractivity contribution < 1.29 is 23.9 Å². The second kappa shape index (κ2) is 7.25. The lowest BCUT2D eigenvalue weighted by Gasteiger charge is -2.22. The summed E-state index contributed by atoms with van der Waals surface area (Å²) >= 11 is 1.46. The zero-order valence-corrected chi connectivity index (χ0v) is 15.1. The molecular formula is C18H18N2O5S. The topological polar surface area (TPSA) is 99.9 Å². The Hall–Kier alpha value is -2.74. The molecule has 26 heavy (non-hydrogen) atoms. The summed E-state index contributed by atoms with van der Waals surface area (Å²) in [7, 11) is 0. The van der Waals surface area contributed by atoms with Gasteiger partial charge in [0.05, 0.1) is 5.88 Å². The van der Waals surface area contributed by atoms with E-state index in [4.69, 9.17) is 9.52 Å². The van der Waals surface area contributed by atoms with Gasteiger partial charge in [-0.1, -0.05) is 6.07 Å². The van der Waals surface area contributed by atoms with Crippen LogP contribution in [0.4, 0.5) is 5.69 Å². The molecule has 1 saturated heterocycles. The van der Waals surface area contributed by atoms with E-state index in [9.17, 15) is 14.4 Å². The molecule has 8 heteroatoms. The second-order valence-electron chi connectivity index (χ2n) is 6.05. The molecule has 2 N–H and O–H groups in total. The van der Waals surface area contributed by atoms with Crippen LogP contribution in [0.5, 0.6) is 0 Å². The van der Waals surface area contributed by atoms with Crippen molar-refractivity contribution in [2.24, 2.45) is 0 Å². The molecular weight excluding hydrogens is 356 g/mol. The van der Waals surface area contributed by atoms with Crippen molar-refractivity contribution in [1.29, 1.82) is 0 Å². The number of amides is 2. The van der Waals surface area contributed by atoms with E-state index < -0.39 is 17.9 Å². The molecule has 2 amide bonds. The summed E-state index contributed by atoms with van der Waals surface area (Å²) in [6, 6.07) is 7.52. The molecule has 0 aliphatic carbocycles. The molecule has 1 unspecified atom stereocenters. The molecule has 1 atom stereocenters. The Balaban J connectivity index is 1.74. The first-order valence-corrected chi connectivity index (χ1v) is 9.12. The van der Waals surface area contributed by atoms with Crippen LogP contribution in [0.1, 0.15) is 32.2 Å². The van der Waals surface area contributed by atoms with Crippen LogP contribution in [0, 0.1) is 13.8 Å². The summed E-state index contributed by atoms with van der Waals surface area (Å²) in [5.74, 6) is -1.62. The highest BCUT2D eigenvalue weighted by Gasteiger charge is 2.36. The van der Waals surface area contributed by atoms with Gasteiger partial charge in [0.2, 0.25) is 11.7 Å². The summed E-state index contributed by atoms with van der Waals surface area (Å²) in [4.78, 5) is 37.5. The summed E-state index contributed by atoms with van der Waals surface area (Å²) in [6.07, 6.45) is 0. The zero-order valence-electron chi connectivity index (χ0n) is 14.3. The van der Waals surface area contributed by atoms with Crippen molar-refractivity contribution in [3.8, 4) is 0 Å². The van der Waals surface area contributed by atoms with Crippen molar-refractivity contribution in [3.05, 3.63) is 53.0 Å². The van der Waals surface area contributed by atoms with Gasteiger partial charge in [0, 0.05) is 11.4 Å². The van der Waals surface area contributed by atoms with Crippen LogP contribution < -0.4 is 5.32 Å². The maximum Gasteiger partial charge on any atom is 0.371 e. The number of carboxylic acids is 1. The highest BCUT2D eigenvalue weighted by molar-refractivity contribution is 7.99. The molecule has 1 aromatic carbocycles. The summed E-state index contributed by atoms with van der Waals surface area (Å²) in [5.41, 5.74) is 2.87. The third kappa shape index (κ3) is 3.60. The predicted molar refractivity (Wildman–Crippen MR) is 97.5 cm³/mol. The number of anilines is 1. The quantitative estimate of drug-likeness (QED) is 0.854. The summed E-state index contributed by atoms with van der Waals surface area (Å²) in [5, 5.41) is 11.7. The van der Waals surface area contributed by atoms with Gasteiger partial charge in [0.1, 0.15) is 6.04 Å². The van der Waals surface area contributed by atoms with Crippen LogP contribution in [0.2, 0.25) is 0 Å². The third-order valence-electron chi connectivity index (χ3n) is 4.25. The Morgan fingerprint density at radius 2 is 1.88 bits per heavy atom. The second-order valence-corrected chi connectivity index (χ2v) is 7.05. The van der Waals surface area contributed by atoms with Crippen molar-refractivity contribution in [2.75, 3.05) is 16.9 Å². The molecule has 1 fully saturated rings. The fourth-order valence-electron chi connectivity index (χ4n) is 2.61. The number of aromatic carboxylic acids is 1. The lowest BCUT2D eigenvalue weighted by molar-refractivity contribution is -0.119. The Morgan fingerprint density at radius 1 is 1.15 bits per heavy atom. The molecule has 7 nitrogen and oxygen atoms in total. The fraction of sp³-hybridized carbons (Fsp3) is 0.278. The van der Waals surface area contributed by atoms with Gasteiger partial charge in [-0.3, -0.25) is 9.59 Å². The van der Waals surface area contributed by atoms with Crippen LogP contribution in [0.25, 0.3) is 0 Å². The number of furan rings is 1. The average molecular weight is 374 g/mol. The van der Waals surface area contributed by atoms with E-state index in [1.54, 1.807) is 0 Å². The number of thioether (sulfide) groups is 1. The molecule has 0 radical (unpaired) electrons. The van der Waals surface area contributed by atoms with Crippen molar-refractivity contribution >= 4 is 35.2 Å². The van der Waals surface area contributed by atoms with Gasteiger partial charge in [-0.15, -0.1) is 11.8 Å². The maximum atomic E-state index is 12.6. The average Bonchev–Trinajstić information content (AvgIpc) is 3.26. The largest absolute Gasteiger partial charge is 0.475 e. The fourth-order valence-corrected chi connectivity index (χ4v) is 3.77. The Kier molecular flexibility index (Phi) is 5.03. The van der Waals surface area contributed by atoms with Gasteiger partial charge >= 0.3 is 5.97 Å². The lowest BCUT2D eigenvalue weighted by atomic mass is 10.1. The molecule has 2 aromatic rings. The number of rotatable bonds is 4. The van der Waals surface area contributed by atoms with Gasteiger partial charge in [-0.2, -0.15) is 0 Å². The number of carboxylic acid groups (broad SMARTS) is 1. The third-order valence-corrected chi connectivity index (χ3v) is 5.26. The molecule has 0 saturated carbocycles. The van der Waals surface area contributed by atoms with E-state index >= 15 is 0 Å². The predicted octanol–water partition coefficient (Wildman–Crippen LogP) is 2.75. The van der Waals surface area contributed by atoms with E-state index in [2.05, 4.69) is 5.32 Å². The van der Waals surface area contributed by atoms with E-state index in [0.717, 1.165) is 11.1 Å². The highest BCUT2D eigenvalue weighted by Crippen LogP contribution is 2.25. The van der Waals surface area contributed by atoms with Crippen LogP contribution in [-0.4, -0.2) is 45.5 Å². The summed E-state index contributed by atoms with van der Waals surface area (Å²) < 4.78 is 5.06. The first-order chi connectivity index (χ1) is 12.4. The van der Waals surface area contributed by atoms with Crippen molar-refractivity contribution in [1.82, 2.24) is 4.90 Å². The zero-order chi connectivity index (χ0) is 18.8. The van der Waals surface area contributed by atoms with Gasteiger partial charge in [0.15, 0.2) is 5.76 Å². The molecule has 3 rings (SSSR count). The number of nitrogens with zero attached hydrogens (tertiary/aromatic N) is 1. The van der Waals surface area contributed by atoms with Crippen molar-refractivity contribution in [3.63, 3.8) is 0 Å². The Bertz CT molecular complexity index is 876. The number of carbonyl (C=O) groups is 3. The number of aryl methyl sites for hydroxylation is 2. The first kappa shape index (κ1) is 18.1. The number of hydrogen-bond acceptors (Lipinski definition) is 5. The van der Waals surface area contributed by atoms with Crippen LogP contribution in [0.15, 0.2) is 34.7 Å². The summed E-state index contributed by atoms with van der Waals surface area (Å²) in [6.45, 7) is 3.95. The number of nitrogens with one attached hydrogen (secondary N) is 1. The van der Waals surface area contributed by atoms with Gasteiger partial charge in [0.25, 0.3) is 5.91 Å². The Labute approximate surface area is 154 Å². The standard InChI is InChI=1S/C18H18N2O5S/c1-10-3-4-12(7-11(10)2)19-16(21)13-8-26-9-20(13)17(22)14-5-6-15(25-14)18(23)24/h3-7,13H,8-9H2,1-2H3,(H,19,21)(H,23,24). The Morgan fingerprint density at radius 3 is 2.54 bits per heavy atom. The smallest absolute Gasteiger partial charge is 0.371 e. The van der Waals surface area contributed by atoms with Crippen molar-refractivity contribution in [2.45, 2.75) is 19.9 Å². The van der Waals surface area contributed by atoms with Crippen LogP contribution in [0.3, 0.4) is 0 Å². The molecule has 136 valence electrons. The SMILES string of the molecule is Cc1ccc(NC(=O)C2CSCN2C(=O)c2ccc(C(=O)O)o2)cc1C. The minimum absolute atomic E-state index is 0.0890. The molecule has 0 spiro atoms. The van der Waals surface area contributed by atoms with Gasteiger partial charge < -0.3 is 19.7 Å². The molecule has 2 heterocycles. The molecule has 0 bridgehead atoms. The van der Waals surface area contributed by atoms with E-state index in [0.29, 0.717) is 17.3 Å². The van der Waals surface area contributed by atoms with E-state index in [1.807, 2.05) is 32.0 Å². The van der Waals surface area contributed by atoms with Gasteiger partial charge in [-0.05, 0) is 49.2 Å². The number of benzene rings is 1. The van der Waals surface area contributed by atoms with E-state index in [-0.39, 0.29) is 17.4 Å². The normalized spacial score (nSPS) is 16.5. The number of carbonyl (C=O) groups excluding carboxylic acids is 2. The van der Waals surface area contributed by atoms with Gasteiger partial charge in [-0.25, -0.2) is 4.79 Å². The molecule has 1 aromatic heterocycles. The monoisotopic (exact) mass is 374 g/mol. The van der Waals surface area contributed by atoms with Crippen LogP contribution >= 0.6 is 11.8 Å². The molecule has 1 aliphatic heterocycles.